The number of nitrogens with zero attached hydrogens (tertiary/aromatic N) is 2. The Morgan fingerprint density at radius 3 is 2.80 bits per heavy atom. The molecule has 0 amide bonds. The van der Waals surface area contributed by atoms with Crippen LogP contribution in [-0.2, 0) is 7.05 Å². The van der Waals surface area contributed by atoms with Gasteiger partial charge in [0.25, 0.3) is 0 Å². The highest BCUT2D eigenvalue weighted by atomic mass is 35.5. The maximum atomic E-state index is 4.32. The number of aryl methyl sites for hydroxylation is 2. The molecule has 3 nitrogen and oxygen atoms in total. The summed E-state index contributed by atoms with van der Waals surface area (Å²) in [4.78, 5) is 0. The third-order valence-corrected chi connectivity index (χ3v) is 2.59. The Morgan fingerprint density at radius 1 is 1.47 bits per heavy atom. The summed E-state index contributed by atoms with van der Waals surface area (Å²) >= 11 is 0. The molecule has 1 aliphatic rings. The molecule has 1 aliphatic heterocycles. The number of nitrogens with one attached hydrogen (secondary N) is 1. The van der Waals surface area contributed by atoms with E-state index in [1.807, 2.05) is 18.7 Å². The Morgan fingerprint density at radius 2 is 2.27 bits per heavy atom. The molecule has 0 unspecified atom stereocenters. The molecule has 0 bridgehead atoms. The van der Waals surface area contributed by atoms with Crippen LogP contribution in [0.25, 0.3) is 6.08 Å². The summed E-state index contributed by atoms with van der Waals surface area (Å²) in [6.45, 7) is 3.14. The molecule has 0 atom stereocenters. The molecule has 1 N–H and O–H groups in total. The Labute approximate surface area is 97.0 Å². The summed E-state index contributed by atoms with van der Waals surface area (Å²) in [5.41, 5.74) is 3.61. The van der Waals surface area contributed by atoms with Gasteiger partial charge < -0.3 is 5.32 Å². The molecule has 1 saturated heterocycles. The topological polar surface area (TPSA) is 29.9 Å². The molecule has 0 saturated carbocycles. The lowest BCUT2D eigenvalue weighted by Gasteiger charge is -2.16. The molecule has 0 aromatic carbocycles. The Bertz CT molecular complexity index is 347. The van der Waals surface area contributed by atoms with E-state index < -0.39 is 0 Å². The summed E-state index contributed by atoms with van der Waals surface area (Å²) in [7, 11) is 1.99. The zero-order chi connectivity index (χ0) is 9.97. The lowest BCUT2D eigenvalue weighted by Crippen LogP contribution is -2.19. The normalized spacial score (nSPS) is 18.4. The predicted octanol–water partition coefficient (Wildman–Crippen LogP) is 2.26. The Kier molecular flexibility index (Phi) is 4.21. The number of hydrogen-bond acceptors (Lipinski definition) is 2. The van der Waals surface area contributed by atoms with Crippen LogP contribution in [0.2, 0.25) is 0 Å². The van der Waals surface area contributed by atoms with Gasteiger partial charge in [0, 0.05) is 19.3 Å². The number of halogens is 1. The Hall–Kier alpha value is -0.960. The van der Waals surface area contributed by atoms with Crippen LogP contribution in [-0.4, -0.2) is 16.3 Å². The van der Waals surface area contributed by atoms with Crippen molar-refractivity contribution in [2.45, 2.75) is 26.2 Å². The minimum Gasteiger partial charge on any atom is -0.388 e. The van der Waals surface area contributed by atoms with Crippen LogP contribution in [0, 0.1) is 6.92 Å². The number of piperidine rings is 1. The molecule has 0 aliphatic carbocycles. The average molecular weight is 228 g/mol. The molecule has 0 radical (unpaired) electrons. The summed E-state index contributed by atoms with van der Waals surface area (Å²) in [5, 5.41) is 7.74. The van der Waals surface area contributed by atoms with Gasteiger partial charge in [-0.1, -0.05) is 0 Å². The molecule has 4 heteroatoms. The van der Waals surface area contributed by atoms with E-state index in [2.05, 4.69) is 22.6 Å². The maximum absolute atomic E-state index is 4.32. The highest BCUT2D eigenvalue weighted by Crippen LogP contribution is 2.14. The smallest absolute Gasteiger partial charge is 0.0626 e. The molecule has 1 aromatic heterocycles. The lowest BCUT2D eigenvalue weighted by atomic mass is 10.1. The van der Waals surface area contributed by atoms with Crippen LogP contribution in [0.15, 0.2) is 11.8 Å². The highest BCUT2D eigenvalue weighted by Gasteiger charge is 2.05. The Balaban J connectivity index is 0.00000112. The molecular formula is C11H18ClN3. The van der Waals surface area contributed by atoms with E-state index >= 15 is 0 Å². The van der Waals surface area contributed by atoms with Gasteiger partial charge in [-0.15, -0.1) is 12.4 Å². The van der Waals surface area contributed by atoms with Gasteiger partial charge in [0.2, 0.25) is 0 Å². The molecule has 84 valence electrons. The van der Waals surface area contributed by atoms with Crippen molar-refractivity contribution < 1.29 is 0 Å². The fourth-order valence-corrected chi connectivity index (χ4v) is 1.85. The molecule has 1 aromatic rings. The van der Waals surface area contributed by atoms with E-state index in [1.165, 1.54) is 30.7 Å². The average Bonchev–Trinajstić information content (AvgIpc) is 2.47. The third kappa shape index (κ3) is 2.99. The summed E-state index contributed by atoms with van der Waals surface area (Å²) in [6.07, 6.45) is 5.97. The molecule has 1 fully saturated rings. The monoisotopic (exact) mass is 227 g/mol. The first-order valence-corrected chi connectivity index (χ1v) is 5.21. The zero-order valence-corrected chi connectivity index (χ0v) is 10.1. The van der Waals surface area contributed by atoms with Crippen molar-refractivity contribution in [3.63, 3.8) is 0 Å². The van der Waals surface area contributed by atoms with Crippen molar-refractivity contribution in [2.75, 3.05) is 6.54 Å². The lowest BCUT2D eigenvalue weighted by molar-refractivity contribution is 0.591. The summed E-state index contributed by atoms with van der Waals surface area (Å²) < 4.78 is 1.93. The minimum atomic E-state index is 0. The van der Waals surface area contributed by atoms with Crippen molar-refractivity contribution in [1.82, 2.24) is 15.1 Å². The molecule has 0 spiro atoms. The van der Waals surface area contributed by atoms with Crippen LogP contribution < -0.4 is 5.32 Å². The van der Waals surface area contributed by atoms with Crippen molar-refractivity contribution in [3.05, 3.63) is 23.2 Å². The van der Waals surface area contributed by atoms with Gasteiger partial charge in [0.15, 0.2) is 0 Å². The van der Waals surface area contributed by atoms with Gasteiger partial charge in [0.05, 0.1) is 11.4 Å². The quantitative estimate of drug-likeness (QED) is 0.798. The molecule has 15 heavy (non-hydrogen) atoms. The van der Waals surface area contributed by atoms with Crippen LogP contribution in [0.3, 0.4) is 0 Å². The predicted molar refractivity (Wildman–Crippen MR) is 65.0 cm³/mol. The van der Waals surface area contributed by atoms with Crippen LogP contribution in [0.1, 0.15) is 30.7 Å². The van der Waals surface area contributed by atoms with Crippen molar-refractivity contribution >= 4 is 18.5 Å². The second kappa shape index (κ2) is 5.21. The van der Waals surface area contributed by atoms with Gasteiger partial charge in [-0.05, 0) is 38.3 Å². The first-order valence-electron chi connectivity index (χ1n) is 5.21. The maximum Gasteiger partial charge on any atom is 0.0626 e. The summed E-state index contributed by atoms with van der Waals surface area (Å²) in [5.74, 6) is 0. The number of allylic oxidation sites excluding steroid dienone is 1. The molecule has 2 rings (SSSR count). The van der Waals surface area contributed by atoms with Crippen molar-refractivity contribution in [2.24, 2.45) is 7.05 Å². The van der Waals surface area contributed by atoms with Gasteiger partial charge in [-0.2, -0.15) is 5.10 Å². The minimum absolute atomic E-state index is 0. The van der Waals surface area contributed by atoms with Gasteiger partial charge >= 0.3 is 0 Å². The van der Waals surface area contributed by atoms with E-state index in [-0.39, 0.29) is 12.4 Å². The molecule has 2 heterocycles. The SMILES string of the molecule is Cc1cc(C=C2CCCCN2)n(C)n1.Cl. The standard InChI is InChI=1S/C11H17N3.ClH/c1-9-7-11(14(2)13-9)8-10-5-3-4-6-12-10;/h7-8,12H,3-6H2,1-2H3;1H. The van der Waals surface area contributed by atoms with Crippen LogP contribution in [0.5, 0.6) is 0 Å². The number of aromatic nitrogens is 2. The zero-order valence-electron chi connectivity index (χ0n) is 9.29. The number of rotatable bonds is 1. The van der Waals surface area contributed by atoms with E-state index in [9.17, 15) is 0 Å². The molecular weight excluding hydrogens is 210 g/mol. The van der Waals surface area contributed by atoms with Gasteiger partial charge in [-0.3, -0.25) is 4.68 Å². The van der Waals surface area contributed by atoms with Gasteiger partial charge in [0.1, 0.15) is 0 Å². The third-order valence-electron chi connectivity index (χ3n) is 2.59. The summed E-state index contributed by atoms with van der Waals surface area (Å²) in [6, 6.07) is 2.11. The first kappa shape index (κ1) is 12.1. The second-order valence-corrected chi connectivity index (χ2v) is 3.89. The second-order valence-electron chi connectivity index (χ2n) is 3.89. The number of hydrogen-bond donors (Lipinski definition) is 1. The highest BCUT2D eigenvalue weighted by molar-refractivity contribution is 5.85. The van der Waals surface area contributed by atoms with Crippen LogP contribution >= 0.6 is 12.4 Å². The fourth-order valence-electron chi connectivity index (χ4n) is 1.85. The van der Waals surface area contributed by atoms with Crippen molar-refractivity contribution in [1.29, 1.82) is 0 Å². The first-order chi connectivity index (χ1) is 6.75. The van der Waals surface area contributed by atoms with Crippen LogP contribution in [0.4, 0.5) is 0 Å². The van der Waals surface area contributed by atoms with Gasteiger partial charge in [-0.25, -0.2) is 0 Å². The fraction of sp³-hybridized carbons (Fsp3) is 0.545. The van der Waals surface area contributed by atoms with E-state index in [0.29, 0.717) is 0 Å². The largest absolute Gasteiger partial charge is 0.388 e. The van der Waals surface area contributed by atoms with E-state index in [0.717, 1.165) is 12.2 Å². The van der Waals surface area contributed by atoms with Crippen molar-refractivity contribution in [3.8, 4) is 0 Å². The van der Waals surface area contributed by atoms with E-state index in [4.69, 9.17) is 0 Å². The van der Waals surface area contributed by atoms with E-state index in [1.54, 1.807) is 0 Å².